The average Bonchev–Trinajstić information content (AvgIpc) is 2.15. The highest BCUT2D eigenvalue weighted by atomic mass is 16.6. The van der Waals surface area contributed by atoms with E-state index in [0.717, 1.165) is 0 Å². The van der Waals surface area contributed by atoms with Gasteiger partial charge in [-0.15, -0.1) is 0 Å². The molecular formula is C4H6N2O3. The molecule has 1 aliphatic rings. The minimum atomic E-state index is -0.454. The van der Waals surface area contributed by atoms with E-state index < -0.39 is 4.92 Å². The SMILES string of the molecule is O=[N+]([O-])CC1=NCCO1. The molecule has 9 heavy (non-hydrogen) atoms. The van der Waals surface area contributed by atoms with Gasteiger partial charge in [0.05, 0.1) is 6.54 Å². The van der Waals surface area contributed by atoms with E-state index in [0.29, 0.717) is 13.2 Å². The van der Waals surface area contributed by atoms with Crippen molar-refractivity contribution in [3.8, 4) is 0 Å². The van der Waals surface area contributed by atoms with Crippen LogP contribution in [-0.4, -0.2) is 30.5 Å². The highest BCUT2D eigenvalue weighted by molar-refractivity contribution is 5.78. The van der Waals surface area contributed by atoms with Crippen LogP contribution in [0.15, 0.2) is 4.99 Å². The molecule has 0 amide bonds. The van der Waals surface area contributed by atoms with Gasteiger partial charge in [-0.25, -0.2) is 4.99 Å². The van der Waals surface area contributed by atoms with Crippen LogP contribution >= 0.6 is 0 Å². The molecule has 5 heteroatoms. The van der Waals surface area contributed by atoms with Gasteiger partial charge in [-0.05, 0) is 0 Å². The summed E-state index contributed by atoms with van der Waals surface area (Å²) in [6.07, 6.45) is 0. The maximum absolute atomic E-state index is 9.80. The summed E-state index contributed by atoms with van der Waals surface area (Å²) in [6, 6.07) is 0. The van der Waals surface area contributed by atoms with Gasteiger partial charge in [0.15, 0.2) is 0 Å². The van der Waals surface area contributed by atoms with Crippen LogP contribution in [-0.2, 0) is 4.74 Å². The summed E-state index contributed by atoms with van der Waals surface area (Å²) in [7, 11) is 0. The lowest BCUT2D eigenvalue weighted by Gasteiger charge is -1.92. The summed E-state index contributed by atoms with van der Waals surface area (Å²) >= 11 is 0. The molecule has 0 atom stereocenters. The Labute approximate surface area is 51.5 Å². The van der Waals surface area contributed by atoms with Gasteiger partial charge in [0.2, 0.25) is 0 Å². The van der Waals surface area contributed by atoms with Gasteiger partial charge >= 0.3 is 0 Å². The van der Waals surface area contributed by atoms with E-state index in [2.05, 4.69) is 4.99 Å². The summed E-state index contributed by atoms with van der Waals surface area (Å²) in [4.78, 5) is 13.1. The predicted molar refractivity (Wildman–Crippen MR) is 30.1 cm³/mol. The van der Waals surface area contributed by atoms with Crippen molar-refractivity contribution >= 4 is 5.90 Å². The van der Waals surface area contributed by atoms with Crippen LogP contribution < -0.4 is 0 Å². The average molecular weight is 130 g/mol. The molecule has 0 radical (unpaired) electrons. The van der Waals surface area contributed by atoms with Crippen LogP contribution in [0, 0.1) is 10.1 Å². The van der Waals surface area contributed by atoms with Crippen molar-refractivity contribution in [2.45, 2.75) is 0 Å². The molecule has 0 unspecified atom stereocenters. The summed E-state index contributed by atoms with van der Waals surface area (Å²) in [5.74, 6) is 0.250. The second kappa shape index (κ2) is 2.43. The Hall–Kier alpha value is -1.13. The van der Waals surface area contributed by atoms with E-state index in [-0.39, 0.29) is 12.4 Å². The zero-order valence-corrected chi connectivity index (χ0v) is 4.74. The first-order chi connectivity index (χ1) is 4.29. The van der Waals surface area contributed by atoms with Gasteiger partial charge in [0.1, 0.15) is 6.61 Å². The molecule has 0 fully saturated rings. The molecule has 0 spiro atoms. The second-order valence-electron chi connectivity index (χ2n) is 1.61. The van der Waals surface area contributed by atoms with Crippen molar-refractivity contribution in [2.24, 2.45) is 4.99 Å². The number of rotatable bonds is 2. The molecule has 0 saturated carbocycles. The highest BCUT2D eigenvalue weighted by Gasteiger charge is 2.12. The topological polar surface area (TPSA) is 64.7 Å². The third kappa shape index (κ3) is 1.67. The van der Waals surface area contributed by atoms with Crippen molar-refractivity contribution in [2.75, 3.05) is 19.7 Å². The van der Waals surface area contributed by atoms with Crippen LogP contribution in [0.3, 0.4) is 0 Å². The minimum absolute atomic E-state index is 0.250. The van der Waals surface area contributed by atoms with Crippen LogP contribution in [0.1, 0.15) is 0 Å². The maximum Gasteiger partial charge on any atom is 0.277 e. The van der Waals surface area contributed by atoms with Gasteiger partial charge in [0, 0.05) is 4.92 Å². The molecule has 0 aromatic carbocycles. The number of hydrogen-bond donors (Lipinski definition) is 0. The number of ether oxygens (including phenoxy) is 1. The van der Waals surface area contributed by atoms with E-state index in [9.17, 15) is 10.1 Å². The van der Waals surface area contributed by atoms with Gasteiger partial charge < -0.3 is 4.74 Å². The molecular weight excluding hydrogens is 124 g/mol. The van der Waals surface area contributed by atoms with Gasteiger partial charge in [0.25, 0.3) is 12.4 Å². The summed E-state index contributed by atoms with van der Waals surface area (Å²) in [5.41, 5.74) is 0. The van der Waals surface area contributed by atoms with E-state index in [1.165, 1.54) is 0 Å². The predicted octanol–water partition coefficient (Wildman–Crippen LogP) is -0.308. The van der Waals surface area contributed by atoms with E-state index >= 15 is 0 Å². The molecule has 0 bridgehead atoms. The molecule has 5 nitrogen and oxygen atoms in total. The first-order valence-electron chi connectivity index (χ1n) is 2.57. The second-order valence-corrected chi connectivity index (χ2v) is 1.61. The van der Waals surface area contributed by atoms with Crippen LogP contribution in [0.5, 0.6) is 0 Å². The summed E-state index contributed by atoms with van der Waals surface area (Å²) < 4.78 is 4.77. The molecule has 0 N–H and O–H groups in total. The fourth-order valence-corrected chi connectivity index (χ4v) is 0.586. The Morgan fingerprint density at radius 1 is 1.89 bits per heavy atom. The zero-order chi connectivity index (χ0) is 6.69. The molecule has 0 saturated heterocycles. The zero-order valence-electron chi connectivity index (χ0n) is 4.74. The molecule has 0 aliphatic carbocycles. The van der Waals surface area contributed by atoms with E-state index in [4.69, 9.17) is 4.74 Å². The Morgan fingerprint density at radius 2 is 2.67 bits per heavy atom. The number of hydrogen-bond acceptors (Lipinski definition) is 4. The lowest BCUT2D eigenvalue weighted by atomic mass is 10.7. The Balaban J connectivity index is 2.35. The lowest BCUT2D eigenvalue weighted by molar-refractivity contribution is -0.465. The maximum atomic E-state index is 9.80. The van der Waals surface area contributed by atoms with Crippen LogP contribution in [0.4, 0.5) is 0 Å². The number of nitro groups is 1. The van der Waals surface area contributed by atoms with Gasteiger partial charge in [-0.2, -0.15) is 0 Å². The first-order valence-corrected chi connectivity index (χ1v) is 2.57. The van der Waals surface area contributed by atoms with Gasteiger partial charge in [-0.1, -0.05) is 0 Å². The van der Waals surface area contributed by atoms with Crippen molar-refractivity contribution in [3.05, 3.63) is 10.1 Å². The Morgan fingerprint density at radius 3 is 3.11 bits per heavy atom. The third-order valence-corrected chi connectivity index (χ3v) is 0.912. The van der Waals surface area contributed by atoms with Crippen molar-refractivity contribution in [1.82, 2.24) is 0 Å². The third-order valence-electron chi connectivity index (χ3n) is 0.912. The normalized spacial score (nSPS) is 16.7. The van der Waals surface area contributed by atoms with Crippen molar-refractivity contribution < 1.29 is 9.66 Å². The monoisotopic (exact) mass is 130 g/mol. The number of aliphatic imine (C=N–C) groups is 1. The standard InChI is InChI=1S/C4H6N2O3/c7-6(8)3-4-5-1-2-9-4/h1-3H2. The fourth-order valence-electron chi connectivity index (χ4n) is 0.586. The van der Waals surface area contributed by atoms with E-state index in [1.54, 1.807) is 0 Å². The molecule has 1 heterocycles. The summed E-state index contributed by atoms with van der Waals surface area (Å²) in [5, 5.41) is 9.80. The van der Waals surface area contributed by atoms with Crippen LogP contribution in [0.2, 0.25) is 0 Å². The minimum Gasteiger partial charge on any atom is -0.474 e. The molecule has 50 valence electrons. The van der Waals surface area contributed by atoms with Crippen molar-refractivity contribution in [1.29, 1.82) is 0 Å². The Kier molecular flexibility index (Phi) is 1.62. The quantitative estimate of drug-likeness (QED) is 0.380. The fraction of sp³-hybridized carbons (Fsp3) is 0.750. The number of nitrogens with zero attached hydrogens (tertiary/aromatic N) is 2. The molecule has 0 aromatic heterocycles. The smallest absolute Gasteiger partial charge is 0.277 e. The lowest BCUT2D eigenvalue weighted by Crippen LogP contribution is -2.13. The first kappa shape index (κ1) is 6.00. The van der Waals surface area contributed by atoms with E-state index in [1.807, 2.05) is 0 Å². The molecule has 0 aromatic rings. The Bertz CT molecular complexity index is 154. The van der Waals surface area contributed by atoms with Gasteiger partial charge in [-0.3, -0.25) is 10.1 Å². The highest BCUT2D eigenvalue weighted by Crippen LogP contribution is 1.92. The largest absolute Gasteiger partial charge is 0.474 e. The molecule has 1 aliphatic heterocycles. The molecule has 1 rings (SSSR count). The van der Waals surface area contributed by atoms with Crippen molar-refractivity contribution in [3.63, 3.8) is 0 Å². The van der Waals surface area contributed by atoms with Crippen LogP contribution in [0.25, 0.3) is 0 Å². The summed E-state index contributed by atoms with van der Waals surface area (Å²) in [6.45, 7) is 0.770.